The minimum absolute atomic E-state index is 0.0330. The van der Waals surface area contributed by atoms with E-state index in [0.717, 1.165) is 6.54 Å². The summed E-state index contributed by atoms with van der Waals surface area (Å²) in [6.07, 6.45) is 6.05. The summed E-state index contributed by atoms with van der Waals surface area (Å²) in [4.78, 5) is 45.1. The van der Waals surface area contributed by atoms with Gasteiger partial charge in [0, 0.05) is 34.7 Å². The van der Waals surface area contributed by atoms with Crippen molar-refractivity contribution in [2.75, 3.05) is 26.5 Å². The van der Waals surface area contributed by atoms with Crippen LogP contribution in [0.25, 0.3) is 0 Å². The molecule has 0 rings (SSSR count). The van der Waals surface area contributed by atoms with Gasteiger partial charge in [-0.05, 0) is 88.6 Å². The van der Waals surface area contributed by atoms with E-state index in [0.29, 0.717) is 0 Å². The summed E-state index contributed by atoms with van der Waals surface area (Å²) in [7, 11) is 3.93. The number of allylic oxidation sites excluding steroid dienone is 1. The van der Waals surface area contributed by atoms with Crippen LogP contribution in [0.2, 0.25) is 0 Å². The van der Waals surface area contributed by atoms with Crippen LogP contribution in [-0.4, -0.2) is 71.5 Å². The monoisotopic (exact) mass is 572 g/mol. The van der Waals surface area contributed by atoms with Crippen molar-refractivity contribution >= 4 is 35.1 Å². The number of rotatable bonds is 6. The number of carbonyl (C=O) groups excluding carboxylic acids is 4. The van der Waals surface area contributed by atoms with Gasteiger partial charge < -0.3 is 20.9 Å². The highest BCUT2D eigenvalue weighted by molar-refractivity contribution is 6.27. The molecule has 0 spiro atoms. The van der Waals surface area contributed by atoms with Gasteiger partial charge in [0.05, 0.1) is 0 Å². The smallest absolute Gasteiger partial charge is 0.244 e. The first-order valence-electron chi connectivity index (χ1n) is 12.8. The van der Waals surface area contributed by atoms with Crippen molar-refractivity contribution in [3.63, 3.8) is 0 Å². The highest BCUT2D eigenvalue weighted by Crippen LogP contribution is 2.14. The molecule has 0 atom stereocenters. The van der Waals surface area contributed by atoms with Crippen LogP contribution < -0.4 is 16.0 Å². The van der Waals surface area contributed by atoms with Crippen molar-refractivity contribution in [1.82, 2.24) is 20.9 Å². The molecule has 39 heavy (non-hydrogen) atoms. The molecular formula is C30H57ClN4O4. The number of amides is 3. The Hall–Kier alpha value is -2.45. The summed E-state index contributed by atoms with van der Waals surface area (Å²) in [6, 6.07) is 0. The van der Waals surface area contributed by atoms with Crippen LogP contribution in [0, 0.1) is 5.41 Å². The molecule has 0 heterocycles. The van der Waals surface area contributed by atoms with Gasteiger partial charge in [-0.2, -0.15) is 0 Å². The quantitative estimate of drug-likeness (QED) is 0.305. The van der Waals surface area contributed by atoms with Gasteiger partial charge in [-0.3, -0.25) is 19.2 Å². The van der Waals surface area contributed by atoms with E-state index in [4.69, 9.17) is 11.6 Å². The molecule has 0 aliphatic carbocycles. The zero-order chi connectivity index (χ0) is 32.3. The van der Waals surface area contributed by atoms with E-state index in [1.54, 1.807) is 6.08 Å². The first kappa shape index (κ1) is 43.6. The first-order valence-corrected chi connectivity index (χ1v) is 13.4. The molecule has 9 heteroatoms. The summed E-state index contributed by atoms with van der Waals surface area (Å²) in [5.41, 5.74) is -0.710. The summed E-state index contributed by atoms with van der Waals surface area (Å²) in [6.45, 7) is 30.5. The van der Waals surface area contributed by atoms with E-state index < -0.39 is 0 Å². The lowest BCUT2D eigenvalue weighted by atomic mass is 9.91. The van der Waals surface area contributed by atoms with Crippen LogP contribution in [0.4, 0.5) is 0 Å². The maximum atomic E-state index is 11.2. The predicted molar refractivity (Wildman–Crippen MR) is 167 cm³/mol. The molecule has 0 aliphatic rings. The summed E-state index contributed by atoms with van der Waals surface area (Å²) in [5.74, 6) is -0.143. The van der Waals surface area contributed by atoms with Crippen molar-refractivity contribution in [3.8, 4) is 0 Å². The van der Waals surface area contributed by atoms with Crippen LogP contribution in [-0.2, 0) is 19.2 Å². The lowest BCUT2D eigenvalue weighted by Crippen LogP contribution is -2.41. The van der Waals surface area contributed by atoms with Crippen molar-refractivity contribution in [3.05, 3.63) is 37.5 Å². The molecule has 0 aromatic rings. The van der Waals surface area contributed by atoms with Crippen molar-refractivity contribution in [2.24, 2.45) is 5.41 Å². The highest BCUT2D eigenvalue weighted by atomic mass is 35.5. The van der Waals surface area contributed by atoms with E-state index in [9.17, 15) is 19.2 Å². The molecular weight excluding hydrogens is 516 g/mol. The van der Waals surface area contributed by atoms with E-state index >= 15 is 0 Å². The Morgan fingerprint density at radius 3 is 1.26 bits per heavy atom. The number of nitrogens with one attached hydrogen (secondary N) is 3. The number of carbonyl (C=O) groups is 4. The van der Waals surface area contributed by atoms with E-state index in [-0.39, 0.29) is 51.4 Å². The zero-order valence-corrected chi connectivity index (χ0v) is 27.9. The number of hydrogen-bond acceptors (Lipinski definition) is 5. The van der Waals surface area contributed by atoms with Crippen molar-refractivity contribution < 1.29 is 19.2 Å². The molecule has 0 unspecified atom stereocenters. The van der Waals surface area contributed by atoms with Gasteiger partial charge in [-0.1, -0.05) is 40.0 Å². The van der Waals surface area contributed by atoms with Gasteiger partial charge in [-0.25, -0.2) is 0 Å². The second-order valence-electron chi connectivity index (χ2n) is 13.1. The largest absolute Gasteiger partial charge is 0.350 e. The topological polar surface area (TPSA) is 108 Å². The Labute approximate surface area is 244 Å². The maximum Gasteiger partial charge on any atom is 0.244 e. The second-order valence-corrected chi connectivity index (χ2v) is 13.4. The summed E-state index contributed by atoms with van der Waals surface area (Å²) < 4.78 is 0. The Kier molecular flexibility index (Phi) is 22.9. The fourth-order valence-electron chi connectivity index (χ4n) is 1.96. The van der Waals surface area contributed by atoms with Gasteiger partial charge in [0.25, 0.3) is 0 Å². The Balaban J connectivity index is -0.000000214. The molecule has 0 aromatic heterocycles. The van der Waals surface area contributed by atoms with Crippen LogP contribution in [0.5, 0.6) is 0 Å². The number of alkyl halides is 1. The molecule has 0 saturated carbocycles. The fourth-order valence-corrected chi connectivity index (χ4v) is 2.03. The highest BCUT2D eigenvalue weighted by Gasteiger charge is 2.16. The average molecular weight is 573 g/mol. The average Bonchev–Trinajstić information content (AvgIpc) is 2.69. The van der Waals surface area contributed by atoms with Gasteiger partial charge in [-0.15, -0.1) is 11.6 Å². The molecule has 0 bridgehead atoms. The molecule has 0 saturated heterocycles. The van der Waals surface area contributed by atoms with Gasteiger partial charge in [0.1, 0.15) is 5.88 Å². The number of likely N-dealkylation sites (N-methyl/N-ethyl adjacent to an activating group) is 1. The third-order valence-corrected chi connectivity index (χ3v) is 3.72. The van der Waals surface area contributed by atoms with E-state index in [1.165, 1.54) is 12.2 Å². The SMILES string of the molecule is C=CC(=O)C(C)(C)C.C=CC(=O)NC(C)(C)C.CC(C)(C)NC(=O)CCl.CN(C)C/C=C/C(=O)NC(C)(C)C. The van der Waals surface area contributed by atoms with Crippen molar-refractivity contribution in [1.29, 1.82) is 0 Å². The number of ketones is 1. The Morgan fingerprint density at radius 1 is 0.692 bits per heavy atom. The third kappa shape index (κ3) is 42.9. The number of halogens is 1. The Morgan fingerprint density at radius 2 is 1.08 bits per heavy atom. The third-order valence-electron chi connectivity index (χ3n) is 3.48. The Bertz CT molecular complexity index is 792. The van der Waals surface area contributed by atoms with Crippen LogP contribution >= 0.6 is 11.6 Å². The molecule has 3 N–H and O–H groups in total. The number of nitrogens with zero attached hydrogens (tertiary/aromatic N) is 1. The van der Waals surface area contributed by atoms with Gasteiger partial charge >= 0.3 is 0 Å². The summed E-state index contributed by atoms with van der Waals surface area (Å²) in [5, 5.41) is 8.26. The molecule has 0 aliphatic heterocycles. The van der Waals surface area contributed by atoms with Crippen LogP contribution in [0.1, 0.15) is 83.1 Å². The van der Waals surface area contributed by atoms with Crippen LogP contribution in [0.15, 0.2) is 37.5 Å². The van der Waals surface area contributed by atoms with Crippen molar-refractivity contribution in [2.45, 2.75) is 99.7 Å². The number of hydrogen-bond donors (Lipinski definition) is 3. The molecule has 0 fully saturated rings. The van der Waals surface area contributed by atoms with Crippen LogP contribution in [0.3, 0.4) is 0 Å². The lowest BCUT2D eigenvalue weighted by molar-refractivity contribution is -0.121. The molecule has 0 aromatic carbocycles. The molecule has 0 radical (unpaired) electrons. The zero-order valence-electron chi connectivity index (χ0n) is 27.1. The molecule has 3 amide bonds. The van der Waals surface area contributed by atoms with Gasteiger partial charge in [0.15, 0.2) is 5.78 Å². The minimum atomic E-state index is -0.248. The fraction of sp³-hybridized carbons (Fsp3) is 0.667. The molecule has 228 valence electrons. The van der Waals surface area contributed by atoms with Gasteiger partial charge in [0.2, 0.25) is 17.7 Å². The first-order chi connectivity index (χ1) is 17.2. The minimum Gasteiger partial charge on any atom is -0.350 e. The normalized spacial score (nSPS) is 11.4. The van der Waals surface area contributed by atoms with E-state index in [2.05, 4.69) is 29.1 Å². The van der Waals surface area contributed by atoms with E-state index in [1.807, 2.05) is 108 Å². The lowest BCUT2D eigenvalue weighted by Gasteiger charge is -2.19. The maximum absolute atomic E-state index is 11.2. The second kappa shape index (κ2) is 20.5. The molecule has 8 nitrogen and oxygen atoms in total. The summed E-state index contributed by atoms with van der Waals surface area (Å²) >= 11 is 5.25. The predicted octanol–water partition coefficient (Wildman–Crippen LogP) is 5.03. The standard InChI is InChI=1S/C10H20N2O.C7H13NO.C7H12O.C6H12ClNO/c1-10(2,3)11-9(13)7-6-8-12(4)5;1-5-6(9)8-7(2,3)4;1-5-6(8)7(2,3)4;1-6(2,3)8-5(9)4-7/h6-7H,8H2,1-5H3,(H,11,13);5H,1H2,2-4H3,(H,8,9);5H,1H2,2-4H3;4H2,1-3H3,(H,8,9)/b7-6+;;;.